The smallest absolute Gasteiger partial charge is 0.271 e. The molecule has 0 bridgehead atoms. The van der Waals surface area contributed by atoms with Crippen molar-refractivity contribution in [2.24, 2.45) is 0 Å². The van der Waals surface area contributed by atoms with Crippen LogP contribution in [0.25, 0.3) is 0 Å². The van der Waals surface area contributed by atoms with Crippen LogP contribution in [0, 0.1) is 0 Å². The van der Waals surface area contributed by atoms with Crippen molar-refractivity contribution in [1.29, 1.82) is 0 Å². The Morgan fingerprint density at radius 1 is 1.42 bits per heavy atom. The van der Waals surface area contributed by atoms with E-state index >= 15 is 0 Å². The third-order valence-corrected chi connectivity index (χ3v) is 4.51. The number of rotatable bonds is 2. The molecule has 4 nitrogen and oxygen atoms in total. The number of carbonyl (C=O) groups is 1. The Labute approximate surface area is 114 Å². The molecule has 1 aliphatic heterocycles. The summed E-state index contributed by atoms with van der Waals surface area (Å²) in [5.74, 6) is 0.184. The second-order valence-electron chi connectivity index (χ2n) is 6.33. The number of amides is 1. The first-order valence-corrected chi connectivity index (χ1v) is 7.29. The standard InChI is InChI=1S/C15H23N3O/c1-15(2)11-16-8-10-18(15)14(19)13-7-4-9-17(13)12-5-3-6-12/h4,7,9,12,16H,3,5-6,8,10-11H2,1-2H3. The third kappa shape index (κ3) is 2.18. The molecule has 4 heteroatoms. The quantitative estimate of drug-likeness (QED) is 0.884. The summed E-state index contributed by atoms with van der Waals surface area (Å²) < 4.78 is 2.18. The van der Waals surface area contributed by atoms with Gasteiger partial charge >= 0.3 is 0 Å². The third-order valence-electron chi connectivity index (χ3n) is 4.51. The average Bonchev–Trinajstić information content (AvgIpc) is 2.74. The van der Waals surface area contributed by atoms with E-state index in [1.165, 1.54) is 19.3 Å². The number of hydrogen-bond donors (Lipinski definition) is 1. The zero-order valence-corrected chi connectivity index (χ0v) is 11.9. The predicted octanol–water partition coefficient (Wildman–Crippen LogP) is 2.04. The van der Waals surface area contributed by atoms with E-state index in [2.05, 4.69) is 29.9 Å². The fourth-order valence-electron chi connectivity index (χ4n) is 3.06. The van der Waals surface area contributed by atoms with Crippen molar-refractivity contribution in [2.75, 3.05) is 19.6 Å². The summed E-state index contributed by atoms with van der Waals surface area (Å²) in [6, 6.07) is 4.51. The van der Waals surface area contributed by atoms with Crippen LogP contribution >= 0.6 is 0 Å². The molecule has 1 saturated heterocycles. The number of carbonyl (C=O) groups excluding carboxylic acids is 1. The maximum absolute atomic E-state index is 12.8. The molecule has 2 fully saturated rings. The Hall–Kier alpha value is -1.29. The van der Waals surface area contributed by atoms with E-state index in [1.807, 2.05) is 17.0 Å². The van der Waals surface area contributed by atoms with Crippen LogP contribution in [0.1, 0.15) is 49.6 Å². The van der Waals surface area contributed by atoms with Gasteiger partial charge in [-0.1, -0.05) is 0 Å². The zero-order chi connectivity index (χ0) is 13.5. The van der Waals surface area contributed by atoms with Crippen molar-refractivity contribution in [3.8, 4) is 0 Å². The SMILES string of the molecule is CC1(C)CNCCN1C(=O)c1cccn1C1CCC1. The first-order valence-electron chi connectivity index (χ1n) is 7.29. The number of aromatic nitrogens is 1. The minimum Gasteiger partial charge on any atom is -0.340 e. The molecular weight excluding hydrogens is 238 g/mol. The highest BCUT2D eigenvalue weighted by atomic mass is 16.2. The summed E-state index contributed by atoms with van der Waals surface area (Å²) in [5.41, 5.74) is 0.754. The van der Waals surface area contributed by atoms with Crippen LogP contribution in [0.5, 0.6) is 0 Å². The summed E-state index contributed by atoms with van der Waals surface area (Å²) >= 11 is 0. The molecule has 104 valence electrons. The van der Waals surface area contributed by atoms with Gasteiger partial charge in [0.15, 0.2) is 0 Å². The van der Waals surface area contributed by atoms with Gasteiger partial charge in [-0.2, -0.15) is 0 Å². The van der Waals surface area contributed by atoms with Crippen molar-refractivity contribution in [2.45, 2.75) is 44.7 Å². The molecule has 1 N–H and O–H groups in total. The van der Waals surface area contributed by atoms with Crippen LogP contribution in [0.15, 0.2) is 18.3 Å². The topological polar surface area (TPSA) is 37.3 Å². The van der Waals surface area contributed by atoms with Gasteiger partial charge in [0.05, 0.1) is 5.54 Å². The first-order chi connectivity index (χ1) is 9.09. The predicted molar refractivity (Wildman–Crippen MR) is 75.3 cm³/mol. The second-order valence-corrected chi connectivity index (χ2v) is 6.33. The summed E-state index contributed by atoms with van der Waals surface area (Å²) in [4.78, 5) is 14.8. The highest BCUT2D eigenvalue weighted by Crippen LogP contribution is 2.33. The lowest BCUT2D eigenvalue weighted by Gasteiger charge is -2.43. The van der Waals surface area contributed by atoms with Crippen LogP contribution in [-0.2, 0) is 0 Å². The molecule has 0 atom stereocenters. The van der Waals surface area contributed by atoms with Gasteiger partial charge in [-0.05, 0) is 45.2 Å². The summed E-state index contributed by atoms with van der Waals surface area (Å²) in [7, 11) is 0. The molecule has 1 aliphatic carbocycles. The number of nitrogens with one attached hydrogen (secondary N) is 1. The van der Waals surface area contributed by atoms with E-state index < -0.39 is 0 Å². The summed E-state index contributed by atoms with van der Waals surface area (Å²) in [6.07, 6.45) is 5.77. The maximum Gasteiger partial charge on any atom is 0.271 e. The summed E-state index contributed by atoms with van der Waals surface area (Å²) in [6.45, 7) is 6.81. The fraction of sp³-hybridized carbons (Fsp3) is 0.667. The molecule has 0 spiro atoms. The van der Waals surface area contributed by atoms with Crippen LogP contribution in [-0.4, -0.2) is 40.5 Å². The Morgan fingerprint density at radius 2 is 2.21 bits per heavy atom. The molecule has 3 rings (SSSR count). The normalized spacial score (nSPS) is 23.2. The zero-order valence-electron chi connectivity index (χ0n) is 11.9. The van der Waals surface area contributed by atoms with E-state index in [1.54, 1.807) is 0 Å². The molecule has 1 amide bonds. The lowest BCUT2D eigenvalue weighted by Crippen LogP contribution is -2.60. The lowest BCUT2D eigenvalue weighted by atomic mass is 9.92. The van der Waals surface area contributed by atoms with Gasteiger partial charge in [0, 0.05) is 31.9 Å². The summed E-state index contributed by atoms with van der Waals surface area (Å²) in [5, 5.41) is 3.36. The van der Waals surface area contributed by atoms with Crippen molar-refractivity contribution < 1.29 is 4.79 Å². The largest absolute Gasteiger partial charge is 0.340 e. The van der Waals surface area contributed by atoms with Gasteiger partial charge in [-0.25, -0.2) is 0 Å². The van der Waals surface area contributed by atoms with Gasteiger partial charge in [0.2, 0.25) is 0 Å². The first kappa shape index (κ1) is 12.7. The lowest BCUT2D eigenvalue weighted by molar-refractivity contribution is 0.0461. The van der Waals surface area contributed by atoms with Crippen LogP contribution < -0.4 is 5.32 Å². The van der Waals surface area contributed by atoms with Crippen molar-refractivity contribution >= 4 is 5.91 Å². The van der Waals surface area contributed by atoms with Gasteiger partial charge in [-0.15, -0.1) is 0 Å². The monoisotopic (exact) mass is 261 g/mol. The number of hydrogen-bond acceptors (Lipinski definition) is 2. The Bertz CT molecular complexity index is 473. The molecule has 1 saturated carbocycles. The number of nitrogens with zero attached hydrogens (tertiary/aromatic N) is 2. The van der Waals surface area contributed by atoms with Crippen LogP contribution in [0.3, 0.4) is 0 Å². The minimum absolute atomic E-state index is 0.107. The van der Waals surface area contributed by atoms with Crippen LogP contribution in [0.4, 0.5) is 0 Å². The highest BCUT2D eigenvalue weighted by Gasteiger charge is 2.35. The Kier molecular flexibility index (Phi) is 3.13. The molecule has 1 aromatic rings. The van der Waals surface area contributed by atoms with Crippen LogP contribution in [0.2, 0.25) is 0 Å². The molecular formula is C15H23N3O. The van der Waals surface area contributed by atoms with Gasteiger partial charge in [0.25, 0.3) is 5.91 Å². The van der Waals surface area contributed by atoms with E-state index in [-0.39, 0.29) is 11.4 Å². The second kappa shape index (κ2) is 4.67. The Morgan fingerprint density at radius 3 is 2.84 bits per heavy atom. The molecule has 1 aromatic heterocycles. The van der Waals surface area contributed by atoms with E-state index in [4.69, 9.17) is 0 Å². The van der Waals surface area contributed by atoms with E-state index in [9.17, 15) is 4.79 Å². The number of piperazine rings is 1. The molecule has 0 unspecified atom stereocenters. The van der Waals surface area contributed by atoms with Gasteiger partial charge < -0.3 is 14.8 Å². The molecule has 0 radical (unpaired) electrons. The highest BCUT2D eigenvalue weighted by molar-refractivity contribution is 5.93. The fourth-order valence-corrected chi connectivity index (χ4v) is 3.06. The van der Waals surface area contributed by atoms with E-state index in [0.29, 0.717) is 6.04 Å². The van der Waals surface area contributed by atoms with Gasteiger partial charge in [-0.3, -0.25) is 4.79 Å². The average molecular weight is 261 g/mol. The molecule has 19 heavy (non-hydrogen) atoms. The molecule has 0 aromatic carbocycles. The molecule has 2 aliphatic rings. The van der Waals surface area contributed by atoms with Crippen molar-refractivity contribution in [3.63, 3.8) is 0 Å². The maximum atomic E-state index is 12.8. The van der Waals surface area contributed by atoms with Crippen molar-refractivity contribution in [3.05, 3.63) is 24.0 Å². The molecule has 2 heterocycles. The Balaban J connectivity index is 1.85. The minimum atomic E-state index is -0.107. The van der Waals surface area contributed by atoms with Crippen molar-refractivity contribution in [1.82, 2.24) is 14.8 Å². The van der Waals surface area contributed by atoms with Gasteiger partial charge in [0.1, 0.15) is 5.69 Å². The van der Waals surface area contributed by atoms with E-state index in [0.717, 1.165) is 25.3 Å².